The van der Waals surface area contributed by atoms with E-state index in [2.05, 4.69) is 58.3 Å². The number of nitrogens with two attached hydrogens (primary N) is 1. The summed E-state index contributed by atoms with van der Waals surface area (Å²) in [6.07, 6.45) is 1.78. The molecule has 0 aromatic heterocycles. The topological polar surface area (TPSA) is 38.0 Å². The Kier molecular flexibility index (Phi) is 5.54. The molecule has 0 aliphatic heterocycles. The van der Waals surface area contributed by atoms with Crippen LogP contribution < -0.4 is 11.3 Å². The molecular weight excluding hydrogens is 264 g/mol. The number of halogens is 1. The van der Waals surface area contributed by atoms with Crippen molar-refractivity contribution in [2.75, 3.05) is 0 Å². The summed E-state index contributed by atoms with van der Waals surface area (Å²) in [4.78, 5) is 0. The molecule has 16 heavy (non-hydrogen) atoms. The van der Waals surface area contributed by atoms with Crippen molar-refractivity contribution >= 4 is 15.9 Å². The SMILES string of the molecule is CC#CCCC(NN)c1ccc(C)c(Br)c1. The second-order valence-electron chi connectivity index (χ2n) is 3.69. The molecule has 1 aromatic rings. The van der Waals surface area contributed by atoms with Crippen molar-refractivity contribution in [2.45, 2.75) is 32.7 Å². The lowest BCUT2D eigenvalue weighted by molar-refractivity contribution is 0.523. The van der Waals surface area contributed by atoms with Gasteiger partial charge in [0.2, 0.25) is 0 Å². The summed E-state index contributed by atoms with van der Waals surface area (Å²) >= 11 is 3.53. The maximum atomic E-state index is 5.56. The molecule has 86 valence electrons. The molecule has 0 saturated heterocycles. The Morgan fingerprint density at radius 1 is 1.50 bits per heavy atom. The van der Waals surface area contributed by atoms with Gasteiger partial charge in [-0.15, -0.1) is 11.8 Å². The number of benzene rings is 1. The second-order valence-corrected chi connectivity index (χ2v) is 4.55. The van der Waals surface area contributed by atoms with Crippen LogP contribution in [0.15, 0.2) is 22.7 Å². The quantitative estimate of drug-likeness (QED) is 0.505. The van der Waals surface area contributed by atoms with Crippen LogP contribution >= 0.6 is 15.9 Å². The van der Waals surface area contributed by atoms with Crippen LogP contribution in [0.25, 0.3) is 0 Å². The zero-order valence-electron chi connectivity index (χ0n) is 9.68. The zero-order valence-corrected chi connectivity index (χ0v) is 11.3. The van der Waals surface area contributed by atoms with Crippen LogP contribution in [-0.4, -0.2) is 0 Å². The molecule has 1 aromatic carbocycles. The summed E-state index contributed by atoms with van der Waals surface area (Å²) < 4.78 is 1.12. The van der Waals surface area contributed by atoms with Crippen LogP contribution in [0.3, 0.4) is 0 Å². The number of hydrogen-bond acceptors (Lipinski definition) is 2. The Labute approximate surface area is 106 Å². The minimum absolute atomic E-state index is 0.165. The van der Waals surface area contributed by atoms with Crippen molar-refractivity contribution in [2.24, 2.45) is 5.84 Å². The van der Waals surface area contributed by atoms with Crippen molar-refractivity contribution in [3.05, 3.63) is 33.8 Å². The van der Waals surface area contributed by atoms with Gasteiger partial charge in [0.25, 0.3) is 0 Å². The lowest BCUT2D eigenvalue weighted by Gasteiger charge is -2.15. The highest BCUT2D eigenvalue weighted by Gasteiger charge is 2.09. The molecular formula is C13H17BrN2. The lowest BCUT2D eigenvalue weighted by atomic mass is 10.0. The summed E-state index contributed by atoms with van der Waals surface area (Å²) in [6, 6.07) is 6.47. The van der Waals surface area contributed by atoms with Crippen molar-refractivity contribution in [3.63, 3.8) is 0 Å². The molecule has 0 spiro atoms. The van der Waals surface area contributed by atoms with E-state index in [1.807, 2.05) is 6.92 Å². The van der Waals surface area contributed by atoms with E-state index < -0.39 is 0 Å². The third kappa shape index (κ3) is 3.64. The fourth-order valence-electron chi connectivity index (χ4n) is 1.51. The summed E-state index contributed by atoms with van der Waals surface area (Å²) in [5.74, 6) is 11.5. The maximum Gasteiger partial charge on any atom is 0.0469 e. The van der Waals surface area contributed by atoms with Crippen molar-refractivity contribution in [3.8, 4) is 11.8 Å². The maximum absolute atomic E-state index is 5.56. The molecule has 0 fully saturated rings. The Hall–Kier alpha value is -0.820. The molecule has 3 heteroatoms. The fraction of sp³-hybridized carbons (Fsp3) is 0.385. The Morgan fingerprint density at radius 3 is 2.81 bits per heavy atom. The minimum atomic E-state index is 0.165. The lowest BCUT2D eigenvalue weighted by Crippen LogP contribution is -2.27. The van der Waals surface area contributed by atoms with Gasteiger partial charge in [0.15, 0.2) is 0 Å². The van der Waals surface area contributed by atoms with E-state index in [1.54, 1.807) is 0 Å². The molecule has 0 radical (unpaired) electrons. The van der Waals surface area contributed by atoms with E-state index in [9.17, 15) is 0 Å². The molecule has 0 aliphatic carbocycles. The van der Waals surface area contributed by atoms with Gasteiger partial charge in [-0.3, -0.25) is 11.3 Å². The van der Waals surface area contributed by atoms with Gasteiger partial charge in [0.1, 0.15) is 0 Å². The second kappa shape index (κ2) is 6.70. The largest absolute Gasteiger partial charge is 0.271 e. The monoisotopic (exact) mass is 280 g/mol. The number of hydrogen-bond donors (Lipinski definition) is 2. The molecule has 1 atom stereocenters. The summed E-state index contributed by atoms with van der Waals surface area (Å²) in [5, 5.41) is 0. The molecule has 1 rings (SSSR count). The number of aryl methyl sites for hydroxylation is 1. The van der Waals surface area contributed by atoms with Gasteiger partial charge in [-0.05, 0) is 37.5 Å². The highest BCUT2D eigenvalue weighted by atomic mass is 79.9. The first kappa shape index (κ1) is 13.2. The minimum Gasteiger partial charge on any atom is -0.271 e. The van der Waals surface area contributed by atoms with Crippen LogP contribution in [0.5, 0.6) is 0 Å². The molecule has 3 N–H and O–H groups in total. The van der Waals surface area contributed by atoms with Crippen LogP contribution in [0.1, 0.15) is 36.9 Å². The molecule has 0 amide bonds. The Balaban J connectivity index is 2.77. The van der Waals surface area contributed by atoms with Gasteiger partial charge < -0.3 is 0 Å². The predicted molar refractivity (Wildman–Crippen MR) is 71.6 cm³/mol. The van der Waals surface area contributed by atoms with E-state index in [1.165, 1.54) is 11.1 Å². The van der Waals surface area contributed by atoms with Gasteiger partial charge in [-0.2, -0.15) is 0 Å². The van der Waals surface area contributed by atoms with E-state index in [0.717, 1.165) is 17.3 Å². The van der Waals surface area contributed by atoms with Gasteiger partial charge >= 0.3 is 0 Å². The van der Waals surface area contributed by atoms with Crippen LogP contribution in [0, 0.1) is 18.8 Å². The third-order valence-corrected chi connectivity index (χ3v) is 3.39. The number of nitrogens with one attached hydrogen (secondary N) is 1. The van der Waals surface area contributed by atoms with E-state index >= 15 is 0 Å². The summed E-state index contributed by atoms with van der Waals surface area (Å²) in [5.41, 5.74) is 5.26. The fourth-order valence-corrected chi connectivity index (χ4v) is 1.91. The highest BCUT2D eigenvalue weighted by Crippen LogP contribution is 2.23. The first-order valence-electron chi connectivity index (χ1n) is 5.30. The molecule has 0 saturated carbocycles. The normalized spacial score (nSPS) is 11.8. The molecule has 0 heterocycles. The van der Waals surface area contributed by atoms with Crippen molar-refractivity contribution in [1.82, 2.24) is 5.43 Å². The van der Waals surface area contributed by atoms with Crippen LogP contribution in [0.2, 0.25) is 0 Å². The predicted octanol–water partition coefficient (Wildman–Crippen LogP) is 3.07. The Bertz CT molecular complexity index is 404. The van der Waals surface area contributed by atoms with Crippen LogP contribution in [-0.2, 0) is 0 Å². The average Bonchev–Trinajstić information content (AvgIpc) is 2.29. The third-order valence-electron chi connectivity index (χ3n) is 2.53. The van der Waals surface area contributed by atoms with Gasteiger partial charge in [-0.1, -0.05) is 28.1 Å². The Morgan fingerprint density at radius 2 is 2.25 bits per heavy atom. The summed E-state index contributed by atoms with van der Waals surface area (Å²) in [7, 11) is 0. The van der Waals surface area contributed by atoms with Crippen molar-refractivity contribution < 1.29 is 0 Å². The number of hydrazine groups is 1. The van der Waals surface area contributed by atoms with Crippen LogP contribution in [0.4, 0.5) is 0 Å². The zero-order chi connectivity index (χ0) is 12.0. The highest BCUT2D eigenvalue weighted by molar-refractivity contribution is 9.10. The van der Waals surface area contributed by atoms with Gasteiger partial charge in [0, 0.05) is 16.9 Å². The number of rotatable bonds is 4. The smallest absolute Gasteiger partial charge is 0.0469 e. The summed E-state index contributed by atoms with van der Waals surface area (Å²) in [6.45, 7) is 3.93. The standard InChI is InChI=1S/C13H17BrN2/c1-3-4-5-6-13(16-15)11-8-7-10(2)12(14)9-11/h7-9,13,16H,5-6,15H2,1-2H3. The van der Waals surface area contributed by atoms with E-state index in [0.29, 0.717) is 0 Å². The molecule has 0 bridgehead atoms. The van der Waals surface area contributed by atoms with E-state index in [4.69, 9.17) is 5.84 Å². The average molecular weight is 281 g/mol. The molecule has 1 unspecified atom stereocenters. The first-order chi connectivity index (χ1) is 7.69. The molecule has 0 aliphatic rings. The van der Waals surface area contributed by atoms with Gasteiger partial charge in [-0.25, -0.2) is 0 Å². The molecule has 2 nitrogen and oxygen atoms in total. The van der Waals surface area contributed by atoms with Crippen molar-refractivity contribution in [1.29, 1.82) is 0 Å². The van der Waals surface area contributed by atoms with E-state index in [-0.39, 0.29) is 6.04 Å². The first-order valence-corrected chi connectivity index (χ1v) is 6.10. The van der Waals surface area contributed by atoms with Gasteiger partial charge in [0.05, 0.1) is 0 Å².